The van der Waals surface area contributed by atoms with Crippen LogP contribution >= 0.6 is 11.6 Å². The average Bonchev–Trinajstić information content (AvgIpc) is 2.25. The number of carbonyl (C=O) groups is 1. The summed E-state index contributed by atoms with van der Waals surface area (Å²) in [5, 5.41) is 12.6. The molecule has 1 aromatic rings. The van der Waals surface area contributed by atoms with E-state index in [9.17, 15) is 9.90 Å². The molecule has 1 rings (SSSR count). The van der Waals surface area contributed by atoms with Crippen LogP contribution in [-0.2, 0) is 0 Å². The molecule has 0 aliphatic heterocycles. The molecule has 0 radical (unpaired) electrons. The predicted octanol–water partition coefficient (Wildman–Crippen LogP) is 2.09. The third-order valence-corrected chi connectivity index (χ3v) is 2.69. The van der Waals surface area contributed by atoms with Gasteiger partial charge in [-0.15, -0.1) is 0 Å². The third-order valence-electron chi connectivity index (χ3n) is 2.36. The number of rotatable bonds is 4. The van der Waals surface area contributed by atoms with Crippen molar-refractivity contribution in [1.82, 2.24) is 5.32 Å². The van der Waals surface area contributed by atoms with Gasteiger partial charge in [-0.2, -0.15) is 0 Å². The smallest absolute Gasteiger partial charge is 0.252 e. The topological polar surface area (TPSA) is 49.3 Å². The van der Waals surface area contributed by atoms with Crippen LogP contribution in [0.25, 0.3) is 0 Å². The number of hydrogen-bond acceptors (Lipinski definition) is 2. The van der Waals surface area contributed by atoms with Gasteiger partial charge >= 0.3 is 0 Å². The van der Waals surface area contributed by atoms with Crippen LogP contribution in [0.15, 0.2) is 24.3 Å². The fourth-order valence-electron chi connectivity index (χ4n) is 1.17. The number of aliphatic hydroxyl groups excluding tert-OH is 1. The van der Waals surface area contributed by atoms with Crippen molar-refractivity contribution in [2.24, 2.45) is 5.92 Å². The van der Waals surface area contributed by atoms with Crippen molar-refractivity contribution in [2.45, 2.75) is 20.0 Å². The second-order valence-corrected chi connectivity index (χ2v) is 4.41. The first kappa shape index (κ1) is 13.0. The molecule has 0 saturated heterocycles. The van der Waals surface area contributed by atoms with Gasteiger partial charge in [-0.05, 0) is 18.1 Å². The Kier molecular flexibility index (Phi) is 4.77. The number of amides is 1. The Morgan fingerprint density at radius 2 is 2.06 bits per heavy atom. The minimum Gasteiger partial charge on any atom is -0.391 e. The summed E-state index contributed by atoms with van der Waals surface area (Å²) < 4.78 is 0. The van der Waals surface area contributed by atoms with Crippen molar-refractivity contribution < 1.29 is 9.90 Å². The highest BCUT2D eigenvalue weighted by Crippen LogP contribution is 2.14. The van der Waals surface area contributed by atoms with Crippen LogP contribution in [0.3, 0.4) is 0 Å². The minimum absolute atomic E-state index is 0.117. The molecule has 0 aromatic heterocycles. The van der Waals surface area contributed by atoms with Crippen LogP contribution in [-0.4, -0.2) is 23.7 Å². The standard InChI is InChI=1S/C12H16ClNO2/c1-8(2)11(15)7-14-12(16)9-5-3-4-6-10(9)13/h3-6,8,11,15H,7H2,1-2H3,(H,14,16). The van der Waals surface area contributed by atoms with Gasteiger partial charge in [0.15, 0.2) is 0 Å². The van der Waals surface area contributed by atoms with Gasteiger partial charge in [0, 0.05) is 6.54 Å². The van der Waals surface area contributed by atoms with Crippen molar-refractivity contribution in [3.63, 3.8) is 0 Å². The van der Waals surface area contributed by atoms with Crippen LogP contribution in [0.5, 0.6) is 0 Å². The lowest BCUT2D eigenvalue weighted by Gasteiger charge is -2.15. The van der Waals surface area contributed by atoms with Gasteiger partial charge in [-0.1, -0.05) is 37.6 Å². The molecule has 1 atom stereocenters. The molecule has 0 fully saturated rings. The monoisotopic (exact) mass is 241 g/mol. The van der Waals surface area contributed by atoms with E-state index in [4.69, 9.17) is 11.6 Å². The zero-order valence-corrected chi connectivity index (χ0v) is 10.2. The maximum atomic E-state index is 11.7. The molecule has 0 spiro atoms. The summed E-state index contributed by atoms with van der Waals surface area (Å²) in [6, 6.07) is 6.83. The lowest BCUT2D eigenvalue weighted by Crippen LogP contribution is -2.34. The van der Waals surface area contributed by atoms with Gasteiger partial charge in [0.25, 0.3) is 5.91 Å². The Balaban J connectivity index is 2.57. The van der Waals surface area contributed by atoms with Crippen LogP contribution in [0.1, 0.15) is 24.2 Å². The van der Waals surface area contributed by atoms with Crippen LogP contribution < -0.4 is 5.32 Å². The summed E-state index contributed by atoms with van der Waals surface area (Å²) in [6.45, 7) is 4.03. The lowest BCUT2D eigenvalue weighted by molar-refractivity contribution is 0.0872. The Hall–Kier alpha value is -1.06. The maximum Gasteiger partial charge on any atom is 0.252 e. The number of benzene rings is 1. The maximum absolute atomic E-state index is 11.7. The molecule has 4 heteroatoms. The molecule has 2 N–H and O–H groups in total. The quantitative estimate of drug-likeness (QED) is 0.848. The molecule has 0 heterocycles. The minimum atomic E-state index is -0.536. The van der Waals surface area contributed by atoms with Crippen molar-refractivity contribution in [3.05, 3.63) is 34.9 Å². The second kappa shape index (κ2) is 5.87. The Morgan fingerprint density at radius 3 is 2.62 bits per heavy atom. The number of halogens is 1. The molecule has 1 unspecified atom stereocenters. The first-order valence-electron chi connectivity index (χ1n) is 5.23. The van der Waals surface area contributed by atoms with E-state index in [-0.39, 0.29) is 18.4 Å². The van der Waals surface area contributed by atoms with E-state index in [1.165, 1.54) is 0 Å². The van der Waals surface area contributed by atoms with Gasteiger partial charge in [0.2, 0.25) is 0 Å². The van der Waals surface area contributed by atoms with E-state index in [0.29, 0.717) is 10.6 Å². The van der Waals surface area contributed by atoms with E-state index in [2.05, 4.69) is 5.32 Å². The van der Waals surface area contributed by atoms with Gasteiger partial charge in [-0.3, -0.25) is 4.79 Å². The highest BCUT2D eigenvalue weighted by atomic mass is 35.5. The first-order valence-corrected chi connectivity index (χ1v) is 5.61. The summed E-state index contributed by atoms with van der Waals surface area (Å²) in [5.41, 5.74) is 0.431. The average molecular weight is 242 g/mol. The third kappa shape index (κ3) is 3.51. The molecule has 0 aliphatic carbocycles. The summed E-state index contributed by atoms with van der Waals surface area (Å²) in [6.07, 6.45) is -0.536. The first-order chi connectivity index (χ1) is 7.52. The van der Waals surface area contributed by atoms with E-state index in [0.717, 1.165) is 0 Å². The normalized spacial score (nSPS) is 12.6. The SMILES string of the molecule is CC(C)C(O)CNC(=O)c1ccccc1Cl. The lowest BCUT2D eigenvalue weighted by atomic mass is 10.1. The van der Waals surface area contributed by atoms with Gasteiger partial charge in [-0.25, -0.2) is 0 Å². The molecule has 0 aliphatic rings. The van der Waals surface area contributed by atoms with Crippen LogP contribution in [0.2, 0.25) is 5.02 Å². The molecule has 88 valence electrons. The second-order valence-electron chi connectivity index (χ2n) is 4.00. The molecule has 3 nitrogen and oxygen atoms in total. The van der Waals surface area contributed by atoms with Crippen molar-refractivity contribution in [3.8, 4) is 0 Å². The number of nitrogens with one attached hydrogen (secondary N) is 1. The van der Waals surface area contributed by atoms with Crippen molar-refractivity contribution in [2.75, 3.05) is 6.54 Å². The van der Waals surface area contributed by atoms with E-state index >= 15 is 0 Å². The Morgan fingerprint density at radius 1 is 1.44 bits per heavy atom. The highest BCUT2D eigenvalue weighted by Gasteiger charge is 2.13. The molecule has 16 heavy (non-hydrogen) atoms. The van der Waals surface area contributed by atoms with Crippen molar-refractivity contribution >= 4 is 17.5 Å². The van der Waals surface area contributed by atoms with Gasteiger partial charge < -0.3 is 10.4 Å². The molecule has 0 saturated carbocycles. The van der Waals surface area contributed by atoms with Gasteiger partial charge in [0.1, 0.15) is 0 Å². The Bertz CT molecular complexity index is 366. The summed E-state index contributed by atoms with van der Waals surface area (Å²) >= 11 is 5.87. The largest absolute Gasteiger partial charge is 0.391 e. The number of hydrogen-bond donors (Lipinski definition) is 2. The summed E-state index contributed by atoms with van der Waals surface area (Å²) in [7, 11) is 0. The zero-order chi connectivity index (χ0) is 12.1. The van der Waals surface area contributed by atoms with Crippen molar-refractivity contribution in [1.29, 1.82) is 0 Å². The van der Waals surface area contributed by atoms with Crippen LogP contribution in [0, 0.1) is 5.92 Å². The van der Waals surface area contributed by atoms with Gasteiger partial charge in [0.05, 0.1) is 16.7 Å². The predicted molar refractivity (Wildman–Crippen MR) is 64.6 cm³/mol. The van der Waals surface area contributed by atoms with Crippen LogP contribution in [0.4, 0.5) is 0 Å². The molecule has 1 aromatic carbocycles. The molecular weight excluding hydrogens is 226 g/mol. The fraction of sp³-hybridized carbons (Fsp3) is 0.417. The van der Waals surface area contributed by atoms with E-state index in [1.807, 2.05) is 13.8 Å². The molecule has 0 bridgehead atoms. The summed E-state index contributed by atoms with van der Waals surface area (Å²) in [5.74, 6) is -0.142. The van der Waals surface area contributed by atoms with E-state index < -0.39 is 6.10 Å². The Labute approximate surface area is 100 Å². The fourth-order valence-corrected chi connectivity index (χ4v) is 1.40. The highest BCUT2D eigenvalue weighted by molar-refractivity contribution is 6.33. The number of aliphatic hydroxyl groups is 1. The molecular formula is C12H16ClNO2. The van der Waals surface area contributed by atoms with E-state index in [1.54, 1.807) is 24.3 Å². The zero-order valence-electron chi connectivity index (χ0n) is 9.40. The molecule has 1 amide bonds. The number of carbonyl (C=O) groups excluding carboxylic acids is 1. The summed E-state index contributed by atoms with van der Waals surface area (Å²) in [4.78, 5) is 11.7.